The number of hydrogen-bond donors (Lipinski definition) is 14. The van der Waals surface area contributed by atoms with Crippen LogP contribution in [0.25, 0.3) is 11.0 Å². The van der Waals surface area contributed by atoms with Gasteiger partial charge in [0.15, 0.2) is 6.10 Å². The lowest BCUT2D eigenvalue weighted by Crippen LogP contribution is -2.61. The van der Waals surface area contributed by atoms with Crippen LogP contribution in [0.1, 0.15) is 142 Å². The van der Waals surface area contributed by atoms with Crippen LogP contribution in [0.4, 0.5) is 5.69 Å². The van der Waals surface area contributed by atoms with E-state index in [-0.39, 0.29) is 99.9 Å². The quantitative estimate of drug-likeness (QED) is 0.0128. The lowest BCUT2D eigenvalue weighted by molar-refractivity contribution is -0.271. The van der Waals surface area contributed by atoms with Crippen LogP contribution >= 0.6 is 0 Å². The topological polar surface area (TPSA) is 523 Å². The largest absolute Gasteiger partial charge is 0.479 e. The van der Waals surface area contributed by atoms with Crippen molar-refractivity contribution in [1.29, 1.82) is 0 Å². The summed E-state index contributed by atoms with van der Waals surface area (Å²) in [5.41, 5.74) is 4.30. The van der Waals surface area contributed by atoms with Gasteiger partial charge in [-0.3, -0.25) is 53.1 Å². The van der Waals surface area contributed by atoms with Crippen molar-refractivity contribution in [3.63, 3.8) is 0 Å². The van der Waals surface area contributed by atoms with Gasteiger partial charge in [0.1, 0.15) is 71.3 Å². The summed E-state index contributed by atoms with van der Waals surface area (Å²) in [6.45, 7) is 19.8. The molecule has 686 valence electrons. The van der Waals surface area contributed by atoms with Gasteiger partial charge in [-0.25, -0.2) is 19.6 Å². The molecule has 18 atom stereocenters. The van der Waals surface area contributed by atoms with Gasteiger partial charge in [0, 0.05) is 89.8 Å². The monoisotopic (exact) mass is 1750 g/mol. The number of amides is 9. The molecule has 0 saturated carbocycles. The van der Waals surface area contributed by atoms with Crippen molar-refractivity contribution in [3.05, 3.63) is 89.7 Å². The van der Waals surface area contributed by atoms with Gasteiger partial charge in [-0.2, -0.15) is 8.42 Å². The molecular formula is C83H128N14O25S. The highest BCUT2D eigenvalue weighted by Crippen LogP contribution is 2.35. The Hall–Kier alpha value is -9.43. The Morgan fingerprint density at radius 3 is 1.96 bits per heavy atom. The smallest absolute Gasteiger partial charge is 0.342 e. The molecule has 39 nitrogen and oxygen atoms in total. The second kappa shape index (κ2) is 48.7. The van der Waals surface area contributed by atoms with E-state index in [1.54, 1.807) is 101 Å². The number of nitrogens with one attached hydrogen (secondary N) is 9. The number of likely N-dealkylation sites (N-methyl/N-ethyl adjacent to an activating group) is 2. The first-order chi connectivity index (χ1) is 58.1. The molecule has 2 aliphatic rings. The van der Waals surface area contributed by atoms with Crippen molar-refractivity contribution in [3.8, 4) is 5.75 Å². The molecule has 4 heterocycles. The van der Waals surface area contributed by atoms with Crippen LogP contribution in [0.2, 0.25) is 0 Å². The first-order valence-electron chi connectivity index (χ1n) is 41.4. The minimum absolute atomic E-state index is 0.0163. The number of rotatable bonds is 50. The van der Waals surface area contributed by atoms with Crippen molar-refractivity contribution in [2.45, 2.75) is 225 Å². The molecule has 14 N–H and O–H groups in total. The number of hydrogen-bond acceptors (Lipinski definition) is 27. The highest BCUT2D eigenvalue weighted by molar-refractivity contribution is 7.85. The molecule has 0 spiro atoms. The average molecular weight is 1750 g/mol. The number of ether oxygens (including phenoxy) is 7. The molecule has 0 radical (unpaired) electrons. The Labute approximate surface area is 718 Å². The second-order valence-electron chi connectivity index (χ2n) is 32.1. The van der Waals surface area contributed by atoms with Gasteiger partial charge in [-0.05, 0) is 100 Å². The second-order valence-corrected chi connectivity index (χ2v) is 33.6. The first-order valence-corrected chi connectivity index (χ1v) is 43.0. The number of likely N-dealkylation sites (tertiary alicyclic amines) is 1. The van der Waals surface area contributed by atoms with Gasteiger partial charge in [-0.1, -0.05) is 99.1 Å². The predicted molar refractivity (Wildman–Crippen MR) is 450 cm³/mol. The van der Waals surface area contributed by atoms with E-state index >= 15 is 0 Å². The lowest BCUT2D eigenvalue weighted by atomic mass is 9.89. The van der Waals surface area contributed by atoms with Gasteiger partial charge in [-0.15, -0.1) is 0 Å². The number of nitrogens with zero attached hydrogens (tertiary/aromatic N) is 5. The zero-order valence-corrected chi connectivity index (χ0v) is 74.0. The van der Waals surface area contributed by atoms with Crippen LogP contribution in [-0.2, 0) is 99.6 Å². The number of anilines is 1. The third-order valence-electron chi connectivity index (χ3n) is 22.0. The zero-order chi connectivity index (χ0) is 91.4. The highest BCUT2D eigenvalue weighted by Gasteiger charge is 2.49. The number of carboxylic acid groups (broad SMARTS) is 1. The SMILES string of the molecule is CC[C@H](C)[C@@H]([C@@H](CC(=O)N1CCC[C@H]1[C@H](OC)[C@@H](C)C(=O)N[C@H](C)C(OC(=O)c1ccc(NC(=O)[C@H](C)NC(=O)[C@@H](NC(=O)CCOCCOCCNC(=O)[C@H](CS(=O)(=O)O)NC(=O)CCn2c(CN(C)NC)cc3cccnc32)C(C)C)cc1O[C@@H]1O[C@H](C(=O)O)[C@@H](O)[C@H](O)[C@H]1O)c1ccccc1)OC)N(C)C(=O)[C@@H](NC(=O)[C@@H](NC)C(C)C)C(C)C. The Morgan fingerprint density at radius 2 is 1.35 bits per heavy atom. The maximum Gasteiger partial charge on any atom is 0.342 e. The molecule has 1 unspecified atom stereocenters. The maximum atomic E-state index is 14.9. The molecule has 9 amide bonds. The number of aliphatic hydroxyl groups excluding tert-OH is 3. The van der Waals surface area contributed by atoms with E-state index in [0.717, 1.165) is 23.2 Å². The third-order valence-corrected chi connectivity index (χ3v) is 22.7. The molecular weight excluding hydrogens is 1630 g/mol. The summed E-state index contributed by atoms with van der Waals surface area (Å²) in [5.74, 6) is -11.8. The van der Waals surface area contributed by atoms with Gasteiger partial charge in [0.05, 0.1) is 81.7 Å². The number of methoxy groups -OCH3 is 2. The normalized spacial score (nSPS) is 19.7. The standard InChI is InChI=1S/C83H128N14O25S/c1-18-48(8)67(95(15)80(109)66(47(6)7)93-78(107)64(84-12)45(2)3)60(116-16)42-63(100)97-34-23-27-58(97)71(117-17)49(9)75(104)88-50(10)72(52-24-20-19-21-25-52)121-82(112)56-29-28-54(41-59(56)120-83-70(103)68(101)69(102)73(122-83)81(110)111)90-76(105)51(11)89-79(108)65(46(4)5)92-62(99)31-36-118-38-39-119-37-33-87-77(106)57(44-123(113,114)115)91-61(98)30-35-96-55(43-94(14)85-13)40-53-26-22-32-86-74(53)96/h19-22,24-26,28-29,32,40-41,45-51,57-58,60,64-73,83-85,101-103H,18,23,27,30-31,33-39,42-44H2,1-17H3,(H,87,106)(H,88,104)(H,89,108)(H,90,105)(H,91,98)(H,92,99)(H,93,107)(H,110,111)(H,113,114,115)/t48-,49+,50+,51-,57-,58-,60+,64-,65-,66-,67-,68-,69-,70+,71+,72?,73-,83+/m0/s1. The molecule has 2 aromatic carbocycles. The Balaban J connectivity index is 1.07. The molecule has 2 aliphatic heterocycles. The number of carbonyl (C=O) groups is 11. The van der Waals surface area contributed by atoms with Gasteiger partial charge in [0.25, 0.3) is 10.1 Å². The van der Waals surface area contributed by atoms with E-state index in [9.17, 15) is 86.1 Å². The Morgan fingerprint density at radius 1 is 0.699 bits per heavy atom. The van der Waals surface area contributed by atoms with E-state index in [1.165, 1.54) is 27.2 Å². The maximum absolute atomic E-state index is 14.9. The van der Waals surface area contributed by atoms with Crippen molar-refractivity contribution >= 4 is 91.9 Å². The Kier molecular flexibility index (Phi) is 40.6. The number of benzene rings is 2. The summed E-state index contributed by atoms with van der Waals surface area (Å²) < 4.78 is 76.2. The number of hydrazine groups is 1. The average Bonchev–Trinajstić information content (AvgIpc) is 1.71. The fourth-order valence-corrected chi connectivity index (χ4v) is 15.5. The molecule has 0 bridgehead atoms. The fraction of sp³-hybridized carbons (Fsp3) is 0.639. The van der Waals surface area contributed by atoms with E-state index in [4.69, 9.17) is 33.2 Å². The summed E-state index contributed by atoms with van der Waals surface area (Å²) in [5, 5.41) is 66.8. The number of carboxylic acids is 1. The number of aliphatic carboxylic acids is 1. The number of esters is 1. The molecule has 2 saturated heterocycles. The molecule has 6 rings (SSSR count). The molecule has 2 fully saturated rings. The van der Waals surface area contributed by atoms with Crippen LogP contribution in [0.3, 0.4) is 0 Å². The van der Waals surface area contributed by atoms with E-state index in [1.807, 2.05) is 70.3 Å². The van der Waals surface area contributed by atoms with E-state index in [0.29, 0.717) is 43.6 Å². The van der Waals surface area contributed by atoms with Crippen molar-refractivity contribution in [2.75, 3.05) is 93.0 Å². The summed E-state index contributed by atoms with van der Waals surface area (Å²) in [6, 6.07) is 9.51. The van der Waals surface area contributed by atoms with Gasteiger partial charge in [0.2, 0.25) is 59.5 Å². The number of pyridine rings is 1. The highest BCUT2D eigenvalue weighted by atomic mass is 32.2. The minimum atomic E-state index is -4.73. The minimum Gasteiger partial charge on any atom is -0.479 e. The Bertz CT molecular complexity index is 4300. The van der Waals surface area contributed by atoms with Crippen LogP contribution < -0.4 is 52.7 Å². The number of carbonyl (C=O) groups excluding carboxylic acids is 10. The molecule has 4 aromatic rings. The zero-order valence-electron chi connectivity index (χ0n) is 73.2. The first kappa shape index (κ1) is 102. The predicted octanol–water partition coefficient (Wildman–Crippen LogP) is 1.17. The lowest BCUT2D eigenvalue weighted by Gasteiger charge is -2.41. The van der Waals surface area contributed by atoms with Crippen molar-refractivity contribution < 1.29 is 119 Å². The van der Waals surface area contributed by atoms with Crippen LogP contribution in [0, 0.1) is 29.6 Å². The molecule has 2 aromatic heterocycles. The van der Waals surface area contributed by atoms with Crippen molar-refractivity contribution in [2.24, 2.45) is 29.6 Å². The van der Waals surface area contributed by atoms with Crippen LogP contribution in [0.15, 0.2) is 72.9 Å². The van der Waals surface area contributed by atoms with Crippen molar-refractivity contribution in [1.82, 2.24) is 67.0 Å². The molecule has 123 heavy (non-hydrogen) atoms. The number of aryl methyl sites for hydroxylation is 1. The summed E-state index contributed by atoms with van der Waals surface area (Å²) in [7, 11) is 5.11. The number of aromatic nitrogens is 2. The molecule has 40 heteroatoms. The molecule has 0 aliphatic carbocycles. The van der Waals surface area contributed by atoms with E-state index < -0.39 is 184 Å². The summed E-state index contributed by atoms with van der Waals surface area (Å²) >= 11 is 0. The summed E-state index contributed by atoms with van der Waals surface area (Å²) in [4.78, 5) is 160. The fourth-order valence-electron chi connectivity index (χ4n) is 14.9. The summed E-state index contributed by atoms with van der Waals surface area (Å²) in [6.07, 6.45) is -11.0. The number of aliphatic hydroxyl groups is 3. The van der Waals surface area contributed by atoms with Crippen LogP contribution in [0.5, 0.6) is 5.75 Å². The van der Waals surface area contributed by atoms with Gasteiger partial charge >= 0.3 is 11.9 Å². The van der Waals surface area contributed by atoms with Crippen LogP contribution in [-0.4, -0.2) is 302 Å². The third kappa shape index (κ3) is 29.3. The van der Waals surface area contributed by atoms with Gasteiger partial charge < -0.3 is 110 Å². The van der Waals surface area contributed by atoms with E-state index in [2.05, 4.69) is 52.9 Å². The number of fused-ring (bicyclic) bond motifs is 1.